The third-order valence-corrected chi connectivity index (χ3v) is 4.17. The van der Waals surface area contributed by atoms with E-state index in [1.54, 1.807) is 24.1 Å². The van der Waals surface area contributed by atoms with Gasteiger partial charge in [-0.3, -0.25) is 9.59 Å². The highest BCUT2D eigenvalue weighted by molar-refractivity contribution is 6.31. The molecule has 1 aliphatic heterocycles. The molecule has 1 aromatic carbocycles. The largest absolute Gasteiger partial charge is 0.353 e. The normalized spacial score (nSPS) is 15.7. The van der Waals surface area contributed by atoms with E-state index in [-0.39, 0.29) is 30.7 Å². The predicted molar refractivity (Wildman–Crippen MR) is 90.0 cm³/mol. The number of amides is 2. The first kappa shape index (κ1) is 16.6. The number of anilines is 1. The molecule has 2 rings (SSSR count). The van der Waals surface area contributed by atoms with Crippen LogP contribution in [0.3, 0.4) is 0 Å². The molecule has 1 aliphatic rings. The van der Waals surface area contributed by atoms with Gasteiger partial charge in [-0.1, -0.05) is 30.7 Å². The molecule has 1 atom stereocenters. The minimum absolute atomic E-state index is 0.0131. The number of carbonyl (C=O) groups excluding carboxylic acids is 2. The molecule has 0 bridgehead atoms. The lowest BCUT2D eigenvalue weighted by molar-refractivity contribution is -0.120. The molecule has 22 heavy (non-hydrogen) atoms. The van der Waals surface area contributed by atoms with Crippen molar-refractivity contribution in [3.63, 3.8) is 0 Å². The van der Waals surface area contributed by atoms with E-state index in [2.05, 4.69) is 5.32 Å². The summed E-state index contributed by atoms with van der Waals surface area (Å²) in [5.74, 6) is -0.0423. The standard InChI is InChI=1S/C17H21ClN2O2/c1-4-11(2)19-16(21)9-12-5-8-17(22)20(3)15-10-13(18)6-7-14(12)15/h5-7,10-11H,4,8-9H2,1-3H3,(H,19,21). The number of nitrogens with zero attached hydrogens (tertiary/aromatic N) is 1. The highest BCUT2D eigenvalue weighted by Crippen LogP contribution is 2.34. The quantitative estimate of drug-likeness (QED) is 0.924. The van der Waals surface area contributed by atoms with Gasteiger partial charge in [0, 0.05) is 30.1 Å². The first-order chi connectivity index (χ1) is 10.4. The number of fused-ring (bicyclic) bond motifs is 1. The van der Waals surface area contributed by atoms with Gasteiger partial charge in [0.25, 0.3) is 0 Å². The predicted octanol–water partition coefficient (Wildman–Crippen LogP) is 3.39. The lowest BCUT2D eigenvalue weighted by Crippen LogP contribution is -2.31. The van der Waals surface area contributed by atoms with E-state index in [0.29, 0.717) is 5.02 Å². The van der Waals surface area contributed by atoms with Gasteiger partial charge in [-0.2, -0.15) is 0 Å². The highest BCUT2D eigenvalue weighted by Gasteiger charge is 2.22. The first-order valence-corrected chi connectivity index (χ1v) is 7.85. The first-order valence-electron chi connectivity index (χ1n) is 7.47. The Labute approximate surface area is 136 Å². The van der Waals surface area contributed by atoms with Crippen molar-refractivity contribution in [2.45, 2.75) is 39.2 Å². The van der Waals surface area contributed by atoms with Crippen LogP contribution in [0.4, 0.5) is 5.69 Å². The van der Waals surface area contributed by atoms with Crippen LogP contribution in [0.1, 0.15) is 38.7 Å². The fourth-order valence-corrected chi connectivity index (χ4v) is 2.58. The number of hydrogen-bond donors (Lipinski definition) is 1. The summed E-state index contributed by atoms with van der Waals surface area (Å²) in [5.41, 5.74) is 2.50. The molecule has 0 fully saturated rings. The second-order valence-corrected chi connectivity index (χ2v) is 6.04. The molecule has 1 unspecified atom stereocenters. The maximum Gasteiger partial charge on any atom is 0.230 e. The smallest absolute Gasteiger partial charge is 0.230 e. The van der Waals surface area contributed by atoms with E-state index in [1.165, 1.54) is 0 Å². The Hall–Kier alpha value is -1.81. The summed E-state index contributed by atoms with van der Waals surface area (Å²) in [4.78, 5) is 25.8. The monoisotopic (exact) mass is 320 g/mol. The van der Waals surface area contributed by atoms with Crippen molar-refractivity contribution in [1.82, 2.24) is 5.32 Å². The minimum atomic E-state index is -0.0292. The van der Waals surface area contributed by atoms with Gasteiger partial charge >= 0.3 is 0 Å². The van der Waals surface area contributed by atoms with Crippen LogP contribution in [0, 0.1) is 0 Å². The van der Waals surface area contributed by atoms with Gasteiger partial charge < -0.3 is 10.2 Å². The fraction of sp³-hybridized carbons (Fsp3) is 0.412. The molecule has 118 valence electrons. The van der Waals surface area contributed by atoms with Crippen molar-refractivity contribution in [3.05, 3.63) is 34.9 Å². The van der Waals surface area contributed by atoms with Crippen LogP contribution in [0.5, 0.6) is 0 Å². The second kappa shape index (κ2) is 6.97. The fourth-order valence-electron chi connectivity index (χ4n) is 2.41. The molecule has 1 aromatic rings. The van der Waals surface area contributed by atoms with E-state index in [9.17, 15) is 9.59 Å². The second-order valence-electron chi connectivity index (χ2n) is 5.60. The van der Waals surface area contributed by atoms with Crippen molar-refractivity contribution in [2.75, 3.05) is 11.9 Å². The Bertz CT molecular complexity index is 625. The summed E-state index contributed by atoms with van der Waals surface area (Å²) in [5, 5.41) is 3.53. The van der Waals surface area contributed by atoms with E-state index in [1.807, 2.05) is 26.0 Å². The van der Waals surface area contributed by atoms with Crippen molar-refractivity contribution < 1.29 is 9.59 Å². The topological polar surface area (TPSA) is 49.4 Å². The Morgan fingerprint density at radius 3 is 2.86 bits per heavy atom. The number of benzene rings is 1. The van der Waals surface area contributed by atoms with Gasteiger partial charge in [-0.05, 0) is 31.1 Å². The van der Waals surface area contributed by atoms with Crippen LogP contribution in [0.2, 0.25) is 5.02 Å². The number of nitrogens with one attached hydrogen (secondary N) is 1. The zero-order chi connectivity index (χ0) is 16.3. The summed E-state index contributed by atoms with van der Waals surface area (Å²) >= 11 is 6.05. The molecule has 1 heterocycles. The average Bonchev–Trinajstić information content (AvgIpc) is 2.59. The summed E-state index contributed by atoms with van der Waals surface area (Å²) in [7, 11) is 1.73. The molecule has 0 radical (unpaired) electrons. The number of hydrogen-bond acceptors (Lipinski definition) is 2. The number of halogens is 1. The Kier molecular flexibility index (Phi) is 5.24. The van der Waals surface area contributed by atoms with E-state index < -0.39 is 0 Å². The lowest BCUT2D eigenvalue weighted by Gasteiger charge is -2.19. The average molecular weight is 321 g/mol. The van der Waals surface area contributed by atoms with Crippen molar-refractivity contribution in [1.29, 1.82) is 0 Å². The van der Waals surface area contributed by atoms with E-state index in [0.717, 1.165) is 23.2 Å². The van der Waals surface area contributed by atoms with Gasteiger partial charge in [0.15, 0.2) is 0 Å². The summed E-state index contributed by atoms with van der Waals surface area (Å²) in [6.07, 6.45) is 3.28. The third kappa shape index (κ3) is 3.69. The third-order valence-electron chi connectivity index (χ3n) is 3.94. The van der Waals surface area contributed by atoms with Crippen LogP contribution in [0.25, 0.3) is 5.57 Å². The van der Waals surface area contributed by atoms with Gasteiger partial charge in [0.1, 0.15) is 0 Å². The van der Waals surface area contributed by atoms with Crippen LogP contribution < -0.4 is 10.2 Å². The number of carbonyl (C=O) groups is 2. The zero-order valence-corrected chi connectivity index (χ0v) is 13.9. The van der Waals surface area contributed by atoms with Gasteiger partial charge in [0.2, 0.25) is 11.8 Å². The molecule has 4 nitrogen and oxygen atoms in total. The number of rotatable bonds is 4. The van der Waals surface area contributed by atoms with Gasteiger partial charge in [-0.15, -0.1) is 0 Å². The van der Waals surface area contributed by atoms with Gasteiger partial charge in [0.05, 0.1) is 12.1 Å². The molecule has 1 N–H and O–H groups in total. The van der Waals surface area contributed by atoms with E-state index in [4.69, 9.17) is 11.6 Å². The Morgan fingerprint density at radius 1 is 1.45 bits per heavy atom. The summed E-state index contributed by atoms with van der Waals surface area (Å²) in [6, 6.07) is 5.56. The Morgan fingerprint density at radius 2 is 2.18 bits per heavy atom. The SMILES string of the molecule is CCC(C)NC(=O)CC1=CCC(=O)N(C)c2cc(Cl)ccc21. The zero-order valence-electron chi connectivity index (χ0n) is 13.1. The summed E-state index contributed by atoms with van der Waals surface area (Å²) in [6.45, 7) is 4.01. The molecule has 0 spiro atoms. The van der Waals surface area contributed by atoms with Crippen LogP contribution in [-0.4, -0.2) is 24.9 Å². The molecule has 0 aromatic heterocycles. The maximum absolute atomic E-state index is 12.2. The molecule has 0 aliphatic carbocycles. The lowest BCUT2D eigenvalue weighted by atomic mass is 10.00. The molecule has 5 heteroatoms. The molecule has 2 amide bonds. The highest BCUT2D eigenvalue weighted by atomic mass is 35.5. The Balaban J connectivity index is 2.30. The van der Waals surface area contributed by atoms with Crippen molar-refractivity contribution in [3.8, 4) is 0 Å². The van der Waals surface area contributed by atoms with Gasteiger partial charge in [-0.25, -0.2) is 0 Å². The van der Waals surface area contributed by atoms with Crippen LogP contribution in [0.15, 0.2) is 24.3 Å². The van der Waals surface area contributed by atoms with Crippen molar-refractivity contribution in [2.24, 2.45) is 0 Å². The van der Waals surface area contributed by atoms with Crippen LogP contribution in [-0.2, 0) is 9.59 Å². The molecular formula is C17H21ClN2O2. The molecule has 0 saturated heterocycles. The van der Waals surface area contributed by atoms with E-state index >= 15 is 0 Å². The molecule has 0 saturated carbocycles. The van der Waals surface area contributed by atoms with Crippen molar-refractivity contribution >= 4 is 34.7 Å². The summed E-state index contributed by atoms with van der Waals surface area (Å²) < 4.78 is 0. The maximum atomic E-state index is 12.2. The van der Waals surface area contributed by atoms with Crippen LogP contribution >= 0.6 is 11.6 Å². The minimum Gasteiger partial charge on any atom is -0.353 e. The molecular weight excluding hydrogens is 300 g/mol.